The molecule has 6 heteroatoms. The van der Waals surface area contributed by atoms with Crippen molar-refractivity contribution in [3.05, 3.63) is 64.9 Å². The quantitative estimate of drug-likeness (QED) is 0.858. The molecule has 0 radical (unpaired) electrons. The number of hydrogen-bond donors (Lipinski definition) is 1. The first-order valence-corrected chi connectivity index (χ1v) is 9.39. The van der Waals surface area contributed by atoms with E-state index in [1.807, 2.05) is 12.1 Å². The Labute approximate surface area is 162 Å². The minimum Gasteiger partial charge on any atom is -0.327 e. The van der Waals surface area contributed by atoms with Crippen molar-refractivity contribution in [1.82, 2.24) is 4.90 Å². The zero-order chi connectivity index (χ0) is 19.2. The second-order valence-corrected chi connectivity index (χ2v) is 7.94. The molecule has 2 amide bonds. The first-order valence-electron chi connectivity index (χ1n) is 9.01. The number of amides is 2. The molecule has 4 nitrogen and oxygen atoms in total. The molecule has 140 valence electrons. The van der Waals surface area contributed by atoms with Gasteiger partial charge in [-0.3, -0.25) is 9.59 Å². The molecule has 0 bridgehead atoms. The van der Waals surface area contributed by atoms with Gasteiger partial charge in [0.1, 0.15) is 11.4 Å². The lowest BCUT2D eigenvalue weighted by molar-refractivity contribution is -0.156. The SMILES string of the molecule is CC1(C(=O)Nc2ccccc2F)CCN1C(=O)C1(c2ccc(Cl)cc2)CC1. The number of nitrogens with zero attached hydrogens (tertiary/aromatic N) is 1. The van der Waals surface area contributed by atoms with E-state index in [0.717, 1.165) is 18.4 Å². The van der Waals surface area contributed by atoms with Crippen LogP contribution in [-0.4, -0.2) is 28.8 Å². The highest BCUT2D eigenvalue weighted by atomic mass is 35.5. The summed E-state index contributed by atoms with van der Waals surface area (Å²) in [6, 6.07) is 13.3. The van der Waals surface area contributed by atoms with Crippen molar-refractivity contribution < 1.29 is 14.0 Å². The monoisotopic (exact) mass is 386 g/mol. The second kappa shape index (κ2) is 6.34. The molecule has 1 N–H and O–H groups in total. The van der Waals surface area contributed by atoms with Crippen molar-refractivity contribution in [2.75, 3.05) is 11.9 Å². The van der Waals surface area contributed by atoms with Gasteiger partial charge in [0.25, 0.3) is 0 Å². The Kier molecular flexibility index (Phi) is 4.22. The molecule has 0 aromatic heterocycles. The Morgan fingerprint density at radius 3 is 2.30 bits per heavy atom. The van der Waals surface area contributed by atoms with Gasteiger partial charge in [0.15, 0.2) is 0 Å². The van der Waals surface area contributed by atoms with Gasteiger partial charge in [-0.1, -0.05) is 35.9 Å². The topological polar surface area (TPSA) is 49.4 Å². The Morgan fingerprint density at radius 2 is 1.74 bits per heavy atom. The highest BCUT2D eigenvalue weighted by Gasteiger charge is 2.59. The van der Waals surface area contributed by atoms with Gasteiger partial charge in [-0.2, -0.15) is 0 Å². The van der Waals surface area contributed by atoms with E-state index in [1.54, 1.807) is 36.1 Å². The summed E-state index contributed by atoms with van der Waals surface area (Å²) in [4.78, 5) is 27.7. The van der Waals surface area contributed by atoms with E-state index >= 15 is 0 Å². The van der Waals surface area contributed by atoms with Crippen molar-refractivity contribution in [3.63, 3.8) is 0 Å². The van der Waals surface area contributed by atoms with E-state index in [1.165, 1.54) is 12.1 Å². The van der Waals surface area contributed by atoms with Crippen LogP contribution in [-0.2, 0) is 15.0 Å². The lowest BCUT2D eigenvalue weighted by atomic mass is 9.82. The highest BCUT2D eigenvalue weighted by Crippen LogP contribution is 2.52. The molecule has 1 heterocycles. The van der Waals surface area contributed by atoms with E-state index in [0.29, 0.717) is 18.0 Å². The van der Waals surface area contributed by atoms with Crippen LogP contribution < -0.4 is 5.32 Å². The molecule has 1 aliphatic heterocycles. The van der Waals surface area contributed by atoms with Crippen molar-refractivity contribution in [2.45, 2.75) is 37.1 Å². The molecule has 4 rings (SSSR count). The average molecular weight is 387 g/mol. The van der Waals surface area contributed by atoms with Gasteiger partial charge in [0, 0.05) is 11.6 Å². The molecule has 2 fully saturated rings. The maximum Gasteiger partial charge on any atom is 0.250 e. The third kappa shape index (κ3) is 2.90. The second-order valence-electron chi connectivity index (χ2n) is 7.50. The summed E-state index contributed by atoms with van der Waals surface area (Å²) in [6.45, 7) is 2.26. The summed E-state index contributed by atoms with van der Waals surface area (Å²) in [5.41, 5.74) is -0.478. The number of likely N-dealkylation sites (tertiary alicyclic amines) is 1. The molecule has 0 spiro atoms. The van der Waals surface area contributed by atoms with Crippen LogP contribution in [0.3, 0.4) is 0 Å². The number of hydrogen-bond acceptors (Lipinski definition) is 2. The fraction of sp³-hybridized carbons (Fsp3) is 0.333. The molecule has 1 saturated carbocycles. The molecule has 1 unspecified atom stereocenters. The largest absolute Gasteiger partial charge is 0.327 e. The molecule has 1 aliphatic carbocycles. The van der Waals surface area contributed by atoms with E-state index in [-0.39, 0.29) is 17.5 Å². The molecular weight excluding hydrogens is 367 g/mol. The van der Waals surface area contributed by atoms with Crippen LogP contribution in [0, 0.1) is 5.82 Å². The predicted molar refractivity (Wildman–Crippen MR) is 102 cm³/mol. The first kappa shape index (κ1) is 18.0. The zero-order valence-electron chi connectivity index (χ0n) is 15.0. The molecule has 2 aliphatic rings. The zero-order valence-corrected chi connectivity index (χ0v) is 15.7. The smallest absolute Gasteiger partial charge is 0.250 e. The summed E-state index contributed by atoms with van der Waals surface area (Å²) in [5.74, 6) is -0.896. The standard InChI is InChI=1S/C21H20ClFN2O2/c1-20(18(26)24-17-5-3-2-4-16(17)23)12-13-25(20)19(27)21(10-11-21)14-6-8-15(22)9-7-14/h2-9H,10-13H2,1H3,(H,24,26). The fourth-order valence-electron chi connectivity index (χ4n) is 3.72. The summed E-state index contributed by atoms with van der Waals surface area (Å²) in [7, 11) is 0. The van der Waals surface area contributed by atoms with Crippen molar-refractivity contribution in [2.24, 2.45) is 0 Å². The van der Waals surface area contributed by atoms with Crippen LogP contribution in [0.1, 0.15) is 31.7 Å². The van der Waals surface area contributed by atoms with Gasteiger partial charge < -0.3 is 10.2 Å². The van der Waals surface area contributed by atoms with Crippen LogP contribution in [0.4, 0.5) is 10.1 Å². The first-order chi connectivity index (χ1) is 12.9. The number of rotatable bonds is 4. The number of nitrogens with one attached hydrogen (secondary N) is 1. The number of halogens is 2. The number of anilines is 1. The maximum atomic E-state index is 13.9. The summed E-state index contributed by atoms with van der Waals surface area (Å²) in [6.07, 6.45) is 2.07. The van der Waals surface area contributed by atoms with Crippen LogP contribution in [0.2, 0.25) is 5.02 Å². The number of carbonyl (C=O) groups excluding carboxylic acids is 2. The van der Waals surface area contributed by atoms with Crippen LogP contribution in [0.15, 0.2) is 48.5 Å². The van der Waals surface area contributed by atoms with E-state index in [4.69, 9.17) is 11.6 Å². The Balaban J connectivity index is 1.54. The molecule has 1 saturated heterocycles. The van der Waals surface area contributed by atoms with E-state index < -0.39 is 16.8 Å². The van der Waals surface area contributed by atoms with Gasteiger partial charge in [0.2, 0.25) is 11.8 Å². The van der Waals surface area contributed by atoms with Crippen molar-refractivity contribution in [3.8, 4) is 0 Å². The molecule has 27 heavy (non-hydrogen) atoms. The Bertz CT molecular complexity index is 911. The lowest BCUT2D eigenvalue weighted by Gasteiger charge is -2.50. The van der Waals surface area contributed by atoms with Crippen LogP contribution in [0.5, 0.6) is 0 Å². The van der Waals surface area contributed by atoms with Gasteiger partial charge in [-0.25, -0.2) is 4.39 Å². The van der Waals surface area contributed by atoms with Gasteiger partial charge in [0.05, 0.1) is 11.1 Å². The normalized spacial score (nSPS) is 22.7. The molecule has 2 aromatic carbocycles. The lowest BCUT2D eigenvalue weighted by Crippen LogP contribution is -2.67. The summed E-state index contributed by atoms with van der Waals surface area (Å²) >= 11 is 5.96. The third-order valence-corrected chi connectivity index (χ3v) is 6.08. The molecule has 2 aromatic rings. The Morgan fingerprint density at radius 1 is 1.07 bits per heavy atom. The summed E-state index contributed by atoms with van der Waals surface area (Å²) < 4.78 is 13.9. The Hall–Kier alpha value is -2.40. The summed E-state index contributed by atoms with van der Waals surface area (Å²) in [5, 5.41) is 3.26. The predicted octanol–water partition coefficient (Wildman–Crippen LogP) is 4.14. The van der Waals surface area contributed by atoms with Crippen LogP contribution in [0.25, 0.3) is 0 Å². The fourth-order valence-corrected chi connectivity index (χ4v) is 3.84. The van der Waals surface area contributed by atoms with E-state index in [9.17, 15) is 14.0 Å². The van der Waals surface area contributed by atoms with E-state index in [2.05, 4.69) is 5.32 Å². The van der Waals surface area contributed by atoms with Gasteiger partial charge >= 0.3 is 0 Å². The number of benzene rings is 2. The molecular formula is C21H20ClFN2O2. The van der Waals surface area contributed by atoms with Crippen molar-refractivity contribution in [1.29, 1.82) is 0 Å². The minimum absolute atomic E-state index is 0.0396. The number of carbonyl (C=O) groups is 2. The highest BCUT2D eigenvalue weighted by molar-refractivity contribution is 6.30. The van der Waals surface area contributed by atoms with Crippen molar-refractivity contribution >= 4 is 29.1 Å². The third-order valence-electron chi connectivity index (χ3n) is 5.83. The van der Waals surface area contributed by atoms with Crippen LogP contribution >= 0.6 is 11.6 Å². The average Bonchev–Trinajstić information content (AvgIpc) is 3.44. The molecule has 1 atom stereocenters. The van der Waals surface area contributed by atoms with Gasteiger partial charge in [-0.05, 0) is 56.0 Å². The minimum atomic E-state index is -0.971. The van der Waals surface area contributed by atoms with Gasteiger partial charge in [-0.15, -0.1) is 0 Å². The number of para-hydroxylation sites is 1. The maximum absolute atomic E-state index is 13.9.